The Balaban J connectivity index is 1.43. The molecule has 238 valence electrons. The van der Waals surface area contributed by atoms with Gasteiger partial charge in [-0.05, 0) is 113 Å². The van der Waals surface area contributed by atoms with Gasteiger partial charge in [-0.25, -0.2) is 0 Å². The molecule has 0 aliphatic rings. The van der Waals surface area contributed by atoms with Crippen LogP contribution in [0.3, 0.4) is 0 Å². The average Bonchev–Trinajstić information content (AvgIpc) is 3.76. The molecule has 10 rings (SSSR count). The lowest BCUT2D eigenvalue weighted by Gasteiger charge is -2.19. The van der Waals surface area contributed by atoms with Crippen LogP contribution in [-0.2, 0) is 0 Å². The SMILES string of the molecule is [2H]c1c([2H])c([2H])c(-c2c([2H])c(-c3c([2H])c([2H])c([2H])c([2H])c3[2H])c([2H])c(-c3c4ccccc4c(-c4c([2H])c([2H])c([2H])c5oc6c([2H])c([2H])c(-c7ccccc7)c([2H])c6c45)c4ccccc34)c2[2H])c([2H])c1[2H]. The van der Waals surface area contributed by atoms with E-state index < -0.39 is 119 Å². The van der Waals surface area contributed by atoms with Gasteiger partial charge in [-0.15, -0.1) is 0 Å². The molecule has 0 spiro atoms. The Hall–Kier alpha value is -6.70. The van der Waals surface area contributed by atoms with Crippen molar-refractivity contribution in [2.75, 3.05) is 0 Å². The molecule has 0 saturated heterocycles. The quantitative estimate of drug-likeness (QED) is 0.167. The summed E-state index contributed by atoms with van der Waals surface area (Å²) in [5.74, 6) is 0. The van der Waals surface area contributed by atoms with E-state index in [9.17, 15) is 6.85 Å². The second kappa shape index (κ2) is 12.0. The number of hydrogen-bond acceptors (Lipinski definition) is 1. The lowest BCUT2D eigenvalue weighted by atomic mass is 9.83. The minimum absolute atomic E-state index is 0.0172. The number of hydrogen-bond donors (Lipinski definition) is 0. The minimum Gasteiger partial charge on any atom is -0.456 e. The second-order valence-corrected chi connectivity index (χ2v) is 11.7. The smallest absolute Gasteiger partial charge is 0.136 e. The van der Waals surface area contributed by atoms with Gasteiger partial charge in [0.05, 0.1) is 26.0 Å². The Kier molecular flexibility index (Phi) is 3.74. The molecule has 0 atom stereocenters. The molecule has 9 aromatic carbocycles. The van der Waals surface area contributed by atoms with Gasteiger partial charge < -0.3 is 4.42 Å². The van der Waals surface area contributed by atoms with Crippen molar-refractivity contribution in [3.63, 3.8) is 0 Å². The molecule has 0 fully saturated rings. The first-order valence-electron chi connectivity index (χ1n) is 25.5. The molecule has 1 heterocycles. The van der Waals surface area contributed by atoms with E-state index in [2.05, 4.69) is 0 Å². The Bertz CT molecular complexity index is 3780. The molecule has 0 bridgehead atoms. The summed E-state index contributed by atoms with van der Waals surface area (Å²) < 4.78 is 178. The van der Waals surface area contributed by atoms with Crippen LogP contribution in [0, 0.1) is 0 Å². The third kappa shape index (κ3) is 4.94. The van der Waals surface area contributed by atoms with E-state index in [0.29, 0.717) is 16.3 Å². The molecular formula is C50H32O. The molecule has 1 aromatic heterocycles. The standard InChI is InChI=1S/C50H32O/c1-4-15-33(16-5-1)36-27-28-46-45(32-36)50-44(25-14-26-47(50)51-46)49-42-23-12-10-21-40(42)48(41-22-11-13-24-43(41)49)39-30-37(34-17-6-2-7-18-34)29-38(31-39)35-19-8-3-9-20-35/h1-32H/i2D,3D,6D,7D,8D,9D,14D,17D,18D,19D,20D,25D,26D,27D,28D,29D,30D,31D,32D. The van der Waals surface area contributed by atoms with Crippen LogP contribution in [-0.4, -0.2) is 0 Å². The normalized spacial score (nSPS) is 16.7. The second-order valence-electron chi connectivity index (χ2n) is 11.7. The van der Waals surface area contributed by atoms with E-state index in [4.69, 9.17) is 23.6 Å². The lowest BCUT2D eigenvalue weighted by molar-refractivity contribution is 0.669. The van der Waals surface area contributed by atoms with Gasteiger partial charge >= 0.3 is 0 Å². The van der Waals surface area contributed by atoms with E-state index in [1.807, 2.05) is 0 Å². The van der Waals surface area contributed by atoms with Crippen LogP contribution in [0.1, 0.15) is 26.0 Å². The van der Waals surface area contributed by atoms with Crippen molar-refractivity contribution in [2.45, 2.75) is 0 Å². The third-order valence-electron chi connectivity index (χ3n) is 8.82. The van der Waals surface area contributed by atoms with Crippen molar-refractivity contribution in [3.8, 4) is 55.6 Å². The maximum Gasteiger partial charge on any atom is 0.136 e. The van der Waals surface area contributed by atoms with Crippen LogP contribution in [0.25, 0.3) is 99.1 Å². The Morgan fingerprint density at radius 1 is 0.333 bits per heavy atom. The summed E-state index contributed by atoms with van der Waals surface area (Å²) in [5, 5.41) is 1.23. The number of rotatable bonds is 5. The van der Waals surface area contributed by atoms with Crippen molar-refractivity contribution < 1.29 is 30.5 Å². The van der Waals surface area contributed by atoms with Gasteiger partial charge in [0.2, 0.25) is 0 Å². The van der Waals surface area contributed by atoms with Gasteiger partial charge in [0, 0.05) is 10.8 Å². The maximum absolute atomic E-state index is 9.94. The van der Waals surface area contributed by atoms with Crippen LogP contribution in [0.15, 0.2) is 198 Å². The Labute approximate surface area is 323 Å². The van der Waals surface area contributed by atoms with Crippen LogP contribution in [0.5, 0.6) is 0 Å². The summed E-state index contributed by atoms with van der Waals surface area (Å²) >= 11 is 0. The van der Waals surface area contributed by atoms with Gasteiger partial charge in [-0.1, -0.05) is 157 Å². The molecule has 0 saturated carbocycles. The van der Waals surface area contributed by atoms with Gasteiger partial charge in [0.15, 0.2) is 0 Å². The van der Waals surface area contributed by atoms with E-state index in [1.54, 1.807) is 78.9 Å². The number of benzene rings is 9. The molecule has 1 nitrogen and oxygen atoms in total. The first-order chi connectivity index (χ1) is 33.2. The fourth-order valence-corrected chi connectivity index (χ4v) is 6.65. The van der Waals surface area contributed by atoms with Crippen LogP contribution in [0.4, 0.5) is 0 Å². The topological polar surface area (TPSA) is 13.1 Å². The fraction of sp³-hybridized carbons (Fsp3) is 0. The zero-order chi connectivity index (χ0) is 50.3. The van der Waals surface area contributed by atoms with Gasteiger partial charge in [-0.3, -0.25) is 0 Å². The lowest BCUT2D eigenvalue weighted by Crippen LogP contribution is -1.92. The first-order valence-corrected chi connectivity index (χ1v) is 16.0. The van der Waals surface area contributed by atoms with Gasteiger partial charge in [0.25, 0.3) is 0 Å². The molecule has 10 aromatic rings. The van der Waals surface area contributed by atoms with Crippen LogP contribution >= 0.6 is 0 Å². The number of fused-ring (bicyclic) bond motifs is 5. The average molecular weight is 668 g/mol. The Morgan fingerprint density at radius 3 is 1.49 bits per heavy atom. The summed E-state index contributed by atoms with van der Waals surface area (Å²) in [6.07, 6.45) is 0. The minimum atomic E-state index is -0.807. The molecular weight excluding hydrogens is 617 g/mol. The largest absolute Gasteiger partial charge is 0.456 e. The van der Waals surface area contributed by atoms with Crippen molar-refractivity contribution in [1.82, 2.24) is 0 Å². The van der Waals surface area contributed by atoms with Crippen LogP contribution in [0.2, 0.25) is 0 Å². The van der Waals surface area contributed by atoms with Crippen LogP contribution < -0.4 is 0 Å². The molecule has 51 heavy (non-hydrogen) atoms. The molecule has 0 amide bonds. The Morgan fingerprint density at radius 2 is 0.882 bits per heavy atom. The zero-order valence-corrected chi connectivity index (χ0v) is 26.4. The summed E-state index contributed by atoms with van der Waals surface area (Å²) in [7, 11) is 0. The van der Waals surface area contributed by atoms with E-state index in [1.165, 1.54) is 0 Å². The molecule has 1 heteroatoms. The molecule has 0 unspecified atom stereocenters. The predicted octanol–water partition coefficient (Wildman–Crippen LogP) is 14.2. The van der Waals surface area contributed by atoms with Gasteiger partial charge in [0.1, 0.15) is 11.2 Å². The molecule has 0 N–H and O–H groups in total. The van der Waals surface area contributed by atoms with Gasteiger partial charge in [-0.2, -0.15) is 0 Å². The van der Waals surface area contributed by atoms with E-state index >= 15 is 0 Å². The molecule has 0 aliphatic heterocycles. The molecule has 0 radical (unpaired) electrons. The summed E-state index contributed by atoms with van der Waals surface area (Å²) in [6.45, 7) is 0. The summed E-state index contributed by atoms with van der Waals surface area (Å²) in [5.41, 5.74) is -2.13. The predicted molar refractivity (Wildman–Crippen MR) is 216 cm³/mol. The fourth-order valence-electron chi connectivity index (χ4n) is 6.65. The summed E-state index contributed by atoms with van der Waals surface area (Å²) in [4.78, 5) is 0. The van der Waals surface area contributed by atoms with Crippen molar-refractivity contribution >= 4 is 43.5 Å². The highest BCUT2D eigenvalue weighted by molar-refractivity contribution is 6.26. The summed E-state index contributed by atoms with van der Waals surface area (Å²) in [6, 6.07) is 9.38. The zero-order valence-electron chi connectivity index (χ0n) is 45.4. The van der Waals surface area contributed by atoms with Crippen molar-refractivity contribution in [1.29, 1.82) is 0 Å². The van der Waals surface area contributed by atoms with E-state index in [0.717, 1.165) is 0 Å². The number of furan rings is 1. The highest BCUT2D eigenvalue weighted by atomic mass is 16.3. The third-order valence-corrected chi connectivity index (χ3v) is 8.82. The highest BCUT2D eigenvalue weighted by Crippen LogP contribution is 2.48. The maximum atomic E-state index is 9.94. The molecule has 0 aliphatic carbocycles. The highest BCUT2D eigenvalue weighted by Gasteiger charge is 2.21. The van der Waals surface area contributed by atoms with Crippen molar-refractivity contribution in [3.05, 3.63) is 194 Å². The first kappa shape index (κ1) is 15.9. The van der Waals surface area contributed by atoms with E-state index in [-0.39, 0.29) is 78.7 Å². The monoisotopic (exact) mass is 667 g/mol. The van der Waals surface area contributed by atoms with Crippen molar-refractivity contribution in [2.24, 2.45) is 0 Å².